The summed E-state index contributed by atoms with van der Waals surface area (Å²) >= 11 is 5.72. The van der Waals surface area contributed by atoms with Crippen molar-refractivity contribution in [3.63, 3.8) is 0 Å². The highest BCUT2D eigenvalue weighted by Crippen LogP contribution is 2.35. The van der Waals surface area contributed by atoms with Gasteiger partial charge in [-0.25, -0.2) is 0 Å². The number of anilines is 1. The van der Waals surface area contributed by atoms with Crippen LogP contribution in [0.5, 0.6) is 0 Å². The van der Waals surface area contributed by atoms with Gasteiger partial charge in [0.1, 0.15) is 0 Å². The lowest BCUT2D eigenvalue weighted by atomic mass is 10.1. The number of amides is 1. The maximum absolute atomic E-state index is 12.8. The summed E-state index contributed by atoms with van der Waals surface area (Å²) in [7, 11) is 0. The first-order valence-electron chi connectivity index (χ1n) is 7.27. The standard InChI is InChI=1S/C16H14ClN3O5/c1-3-18(12-7-5-4-6-10(12)2)16(21)11-8-13(19(22)23)15(17)14(9-11)20(24)25/h4-9H,3H2,1-2H3. The zero-order valence-electron chi connectivity index (χ0n) is 13.4. The smallest absolute Gasteiger partial charge is 0.295 e. The molecule has 2 rings (SSSR count). The van der Waals surface area contributed by atoms with Crippen LogP contribution in [-0.4, -0.2) is 22.3 Å². The molecule has 0 spiro atoms. The Hall–Kier alpha value is -3.00. The number of hydrogen-bond donors (Lipinski definition) is 0. The summed E-state index contributed by atoms with van der Waals surface area (Å²) in [5.74, 6) is -0.584. The largest absolute Gasteiger partial charge is 0.308 e. The molecule has 25 heavy (non-hydrogen) atoms. The predicted octanol–water partition coefficient (Wildman–Crippen LogP) is 4.13. The van der Waals surface area contributed by atoms with E-state index in [2.05, 4.69) is 0 Å². The number of carbonyl (C=O) groups is 1. The summed E-state index contributed by atoms with van der Waals surface area (Å²) in [6.45, 7) is 3.84. The quantitative estimate of drug-likeness (QED) is 0.586. The van der Waals surface area contributed by atoms with Crippen LogP contribution < -0.4 is 4.90 Å². The van der Waals surface area contributed by atoms with Crippen molar-refractivity contribution in [1.82, 2.24) is 0 Å². The van der Waals surface area contributed by atoms with Crippen LogP contribution in [0.1, 0.15) is 22.8 Å². The fraction of sp³-hybridized carbons (Fsp3) is 0.188. The second kappa shape index (κ2) is 7.27. The summed E-state index contributed by atoms with van der Waals surface area (Å²) in [5.41, 5.74) is -0.0843. The number of nitro groups is 2. The monoisotopic (exact) mass is 363 g/mol. The summed E-state index contributed by atoms with van der Waals surface area (Å²) in [5, 5.41) is 21.6. The van der Waals surface area contributed by atoms with E-state index >= 15 is 0 Å². The molecular formula is C16H14ClN3O5. The Labute approximate surface area is 147 Å². The molecule has 8 nitrogen and oxygen atoms in total. The molecule has 0 heterocycles. The normalized spacial score (nSPS) is 10.4. The molecule has 0 fully saturated rings. The molecular weight excluding hydrogens is 350 g/mol. The molecule has 0 N–H and O–H groups in total. The third-order valence-corrected chi connectivity index (χ3v) is 4.03. The van der Waals surface area contributed by atoms with Crippen LogP contribution in [-0.2, 0) is 0 Å². The highest BCUT2D eigenvalue weighted by atomic mass is 35.5. The van der Waals surface area contributed by atoms with E-state index in [1.54, 1.807) is 19.1 Å². The molecule has 0 radical (unpaired) electrons. The third kappa shape index (κ3) is 3.58. The van der Waals surface area contributed by atoms with Crippen LogP contribution in [0.25, 0.3) is 0 Å². The van der Waals surface area contributed by atoms with Crippen LogP contribution in [0.15, 0.2) is 36.4 Å². The summed E-state index contributed by atoms with van der Waals surface area (Å²) < 4.78 is 0. The molecule has 1 amide bonds. The van der Waals surface area contributed by atoms with Crippen molar-refractivity contribution in [3.05, 3.63) is 72.8 Å². The van der Waals surface area contributed by atoms with Gasteiger partial charge >= 0.3 is 0 Å². The Morgan fingerprint density at radius 3 is 2.08 bits per heavy atom. The molecule has 0 saturated carbocycles. The Kier molecular flexibility index (Phi) is 5.33. The van der Waals surface area contributed by atoms with E-state index in [-0.39, 0.29) is 12.1 Å². The Morgan fingerprint density at radius 2 is 1.64 bits per heavy atom. The summed E-state index contributed by atoms with van der Waals surface area (Å²) in [6.07, 6.45) is 0. The second-order valence-corrected chi connectivity index (χ2v) is 5.56. The van der Waals surface area contributed by atoms with Crippen molar-refractivity contribution in [1.29, 1.82) is 0 Å². The lowest BCUT2D eigenvalue weighted by Gasteiger charge is -2.23. The van der Waals surface area contributed by atoms with Crippen molar-refractivity contribution >= 4 is 34.6 Å². The van der Waals surface area contributed by atoms with Crippen molar-refractivity contribution in [2.45, 2.75) is 13.8 Å². The van der Waals surface area contributed by atoms with E-state index in [1.807, 2.05) is 19.1 Å². The molecule has 0 unspecified atom stereocenters. The molecule has 2 aromatic rings. The topological polar surface area (TPSA) is 107 Å². The molecule has 130 valence electrons. The van der Waals surface area contributed by atoms with Gasteiger partial charge in [-0.15, -0.1) is 0 Å². The predicted molar refractivity (Wildman–Crippen MR) is 93.3 cm³/mol. The summed E-state index contributed by atoms with van der Waals surface area (Å²) in [6, 6.07) is 9.03. The molecule has 9 heteroatoms. The molecule has 0 aromatic heterocycles. The van der Waals surface area contributed by atoms with Gasteiger partial charge < -0.3 is 4.90 Å². The number of benzene rings is 2. The van der Waals surface area contributed by atoms with Crippen molar-refractivity contribution in [2.75, 3.05) is 11.4 Å². The zero-order valence-corrected chi connectivity index (χ0v) is 14.2. The maximum Gasteiger partial charge on any atom is 0.295 e. The van der Waals surface area contributed by atoms with Crippen LogP contribution in [0.3, 0.4) is 0 Å². The zero-order chi connectivity index (χ0) is 18.7. The van der Waals surface area contributed by atoms with Gasteiger partial charge in [0.15, 0.2) is 5.02 Å². The number of hydrogen-bond acceptors (Lipinski definition) is 5. The highest BCUT2D eigenvalue weighted by molar-refractivity contribution is 6.35. The fourth-order valence-corrected chi connectivity index (χ4v) is 2.68. The first-order chi connectivity index (χ1) is 11.8. The van der Waals surface area contributed by atoms with Gasteiger partial charge in [0.25, 0.3) is 17.3 Å². The lowest BCUT2D eigenvalue weighted by Crippen LogP contribution is -2.31. The van der Waals surface area contributed by atoms with Crippen LogP contribution in [0.4, 0.5) is 17.1 Å². The molecule has 0 aliphatic rings. The number of aryl methyl sites for hydroxylation is 1. The van der Waals surface area contributed by atoms with E-state index in [9.17, 15) is 25.0 Å². The van der Waals surface area contributed by atoms with Gasteiger partial charge in [-0.3, -0.25) is 25.0 Å². The minimum atomic E-state index is -0.851. The molecule has 0 bridgehead atoms. The molecule has 0 aliphatic carbocycles. The first kappa shape index (κ1) is 18.3. The van der Waals surface area contributed by atoms with Gasteiger partial charge in [0.2, 0.25) is 0 Å². The van der Waals surface area contributed by atoms with Gasteiger partial charge in [-0.2, -0.15) is 0 Å². The van der Waals surface area contributed by atoms with E-state index in [0.29, 0.717) is 5.69 Å². The Balaban J connectivity index is 2.60. The van der Waals surface area contributed by atoms with E-state index in [1.165, 1.54) is 4.90 Å². The highest BCUT2D eigenvalue weighted by Gasteiger charge is 2.29. The number of carbonyl (C=O) groups excluding carboxylic acids is 1. The SMILES string of the molecule is CCN(C(=O)c1cc([N+](=O)[O-])c(Cl)c([N+](=O)[O-])c1)c1ccccc1C. The molecule has 0 atom stereocenters. The van der Waals surface area contributed by atoms with E-state index in [0.717, 1.165) is 17.7 Å². The number of para-hydroxylation sites is 1. The fourth-order valence-electron chi connectivity index (χ4n) is 2.43. The number of nitro benzene ring substituents is 2. The Bertz CT molecular complexity index is 834. The maximum atomic E-state index is 12.8. The number of nitrogens with zero attached hydrogens (tertiary/aromatic N) is 3. The van der Waals surface area contributed by atoms with Crippen LogP contribution >= 0.6 is 11.6 Å². The Morgan fingerprint density at radius 1 is 1.12 bits per heavy atom. The second-order valence-electron chi connectivity index (χ2n) is 5.18. The van der Waals surface area contributed by atoms with Gasteiger partial charge in [0, 0.05) is 24.4 Å². The average molecular weight is 364 g/mol. The minimum absolute atomic E-state index is 0.173. The van der Waals surface area contributed by atoms with Gasteiger partial charge in [-0.1, -0.05) is 29.8 Å². The van der Waals surface area contributed by atoms with E-state index in [4.69, 9.17) is 11.6 Å². The number of rotatable bonds is 5. The van der Waals surface area contributed by atoms with Crippen molar-refractivity contribution < 1.29 is 14.6 Å². The molecule has 2 aromatic carbocycles. The minimum Gasteiger partial charge on any atom is -0.308 e. The lowest BCUT2D eigenvalue weighted by molar-refractivity contribution is -0.393. The first-order valence-corrected chi connectivity index (χ1v) is 7.65. The van der Waals surface area contributed by atoms with Crippen molar-refractivity contribution in [2.24, 2.45) is 0 Å². The average Bonchev–Trinajstić information content (AvgIpc) is 2.56. The van der Waals surface area contributed by atoms with Crippen LogP contribution in [0.2, 0.25) is 5.02 Å². The van der Waals surface area contributed by atoms with Crippen LogP contribution in [0, 0.1) is 27.2 Å². The third-order valence-electron chi connectivity index (χ3n) is 3.64. The summed E-state index contributed by atoms with van der Waals surface area (Å²) in [4.78, 5) is 34.7. The van der Waals surface area contributed by atoms with E-state index < -0.39 is 32.2 Å². The molecule has 0 saturated heterocycles. The number of halogens is 1. The molecule has 0 aliphatic heterocycles. The van der Waals surface area contributed by atoms with Gasteiger partial charge in [0.05, 0.1) is 15.4 Å². The van der Waals surface area contributed by atoms with Gasteiger partial charge in [-0.05, 0) is 25.5 Å². The van der Waals surface area contributed by atoms with Crippen molar-refractivity contribution in [3.8, 4) is 0 Å².